The molecule has 7 nitrogen and oxygen atoms in total. The van der Waals surface area contributed by atoms with E-state index in [9.17, 15) is 9.59 Å². The zero-order valence-corrected chi connectivity index (χ0v) is 21.3. The molecule has 34 heavy (non-hydrogen) atoms. The van der Waals surface area contributed by atoms with Gasteiger partial charge in [-0.25, -0.2) is 0 Å². The fourth-order valence-corrected chi connectivity index (χ4v) is 3.40. The molecule has 7 heteroatoms. The number of nitrogens with zero attached hydrogens (tertiary/aromatic N) is 3. The van der Waals surface area contributed by atoms with E-state index < -0.39 is 0 Å². The number of hydrogen-bond donors (Lipinski definition) is 1. The smallest absolute Gasteiger partial charge is 0.258 e. The molecule has 0 saturated heterocycles. The number of anilines is 1. The van der Waals surface area contributed by atoms with Crippen molar-refractivity contribution in [2.24, 2.45) is 0 Å². The molecular weight excluding hydrogens is 428 g/mol. The van der Waals surface area contributed by atoms with Crippen LogP contribution in [0.1, 0.15) is 49.0 Å². The summed E-state index contributed by atoms with van der Waals surface area (Å²) in [4.78, 5) is 30.3. The molecule has 0 saturated carbocycles. The molecular formula is C27H38N4O3. The van der Waals surface area contributed by atoms with E-state index in [0.717, 1.165) is 29.8 Å². The second kappa shape index (κ2) is 12.9. The zero-order chi connectivity index (χ0) is 25.3. The van der Waals surface area contributed by atoms with Gasteiger partial charge in [-0.15, -0.1) is 0 Å². The maximum absolute atomic E-state index is 12.9. The Morgan fingerprint density at radius 3 is 2.09 bits per heavy atom. The lowest BCUT2D eigenvalue weighted by atomic mass is 10.0. The van der Waals surface area contributed by atoms with Gasteiger partial charge in [-0.2, -0.15) is 0 Å². The SMILES string of the molecule is CCCCOc1ccc(C(=O)N(C)c2ccc(C(=N)CC(C)N(C)C(=O)CN(C)C)cc2)cc1. The molecule has 2 rings (SSSR count). The number of hydrogen-bond acceptors (Lipinski definition) is 5. The van der Waals surface area contributed by atoms with Crippen molar-refractivity contribution in [3.8, 4) is 5.75 Å². The Morgan fingerprint density at radius 1 is 0.941 bits per heavy atom. The van der Waals surface area contributed by atoms with Crippen LogP contribution in [-0.4, -0.2) is 74.7 Å². The third-order valence-electron chi connectivity index (χ3n) is 5.78. The van der Waals surface area contributed by atoms with Gasteiger partial charge in [-0.3, -0.25) is 9.59 Å². The monoisotopic (exact) mass is 466 g/mol. The van der Waals surface area contributed by atoms with Gasteiger partial charge in [0.05, 0.1) is 13.2 Å². The van der Waals surface area contributed by atoms with Crippen molar-refractivity contribution < 1.29 is 14.3 Å². The van der Waals surface area contributed by atoms with Crippen molar-refractivity contribution in [3.05, 3.63) is 59.7 Å². The minimum absolute atomic E-state index is 0.0290. The normalized spacial score (nSPS) is 11.7. The molecule has 0 heterocycles. The van der Waals surface area contributed by atoms with Crippen LogP contribution in [0.4, 0.5) is 5.69 Å². The van der Waals surface area contributed by atoms with E-state index in [1.807, 2.05) is 62.3 Å². The summed E-state index contributed by atoms with van der Waals surface area (Å²) >= 11 is 0. The summed E-state index contributed by atoms with van der Waals surface area (Å²) in [7, 11) is 7.23. The Labute approximate surface area is 203 Å². The second-order valence-corrected chi connectivity index (χ2v) is 8.91. The van der Waals surface area contributed by atoms with E-state index in [-0.39, 0.29) is 17.9 Å². The summed E-state index contributed by atoms with van der Waals surface area (Å²) in [6, 6.07) is 14.5. The number of rotatable bonds is 12. The summed E-state index contributed by atoms with van der Waals surface area (Å²) in [6.07, 6.45) is 2.53. The first-order chi connectivity index (χ1) is 16.1. The predicted molar refractivity (Wildman–Crippen MR) is 138 cm³/mol. The highest BCUT2D eigenvalue weighted by molar-refractivity contribution is 6.06. The number of carbonyl (C=O) groups is 2. The average molecular weight is 467 g/mol. The van der Waals surface area contributed by atoms with E-state index in [0.29, 0.717) is 30.8 Å². The molecule has 1 unspecified atom stereocenters. The first kappa shape index (κ1) is 27.1. The molecule has 0 spiro atoms. The van der Waals surface area contributed by atoms with Gasteiger partial charge >= 0.3 is 0 Å². The highest BCUT2D eigenvalue weighted by Gasteiger charge is 2.19. The maximum atomic E-state index is 12.9. The van der Waals surface area contributed by atoms with Crippen LogP contribution in [0, 0.1) is 5.41 Å². The second-order valence-electron chi connectivity index (χ2n) is 8.91. The molecule has 0 radical (unpaired) electrons. The minimum atomic E-state index is -0.113. The van der Waals surface area contributed by atoms with Crippen molar-refractivity contribution in [2.45, 2.75) is 39.2 Å². The molecule has 0 aliphatic heterocycles. The first-order valence-electron chi connectivity index (χ1n) is 11.7. The van der Waals surface area contributed by atoms with Gasteiger partial charge in [0, 0.05) is 43.5 Å². The standard InChI is InChI=1S/C27H38N4O3/c1-7-8-17-34-24-15-11-22(12-16-24)27(33)31(6)23-13-9-21(10-14-23)25(28)18-20(2)30(5)26(32)19-29(3)4/h9-16,20,28H,7-8,17-19H2,1-6H3. The van der Waals surface area contributed by atoms with Gasteiger partial charge < -0.3 is 24.8 Å². The number of benzene rings is 2. The molecule has 2 aromatic carbocycles. The topological polar surface area (TPSA) is 76.9 Å². The van der Waals surface area contributed by atoms with Gasteiger partial charge in [0.1, 0.15) is 5.75 Å². The van der Waals surface area contributed by atoms with Crippen LogP contribution in [-0.2, 0) is 4.79 Å². The third kappa shape index (κ3) is 7.70. The van der Waals surface area contributed by atoms with Crippen molar-refractivity contribution in [1.29, 1.82) is 5.41 Å². The lowest BCUT2D eigenvalue weighted by Crippen LogP contribution is -2.41. The number of likely N-dealkylation sites (N-methyl/N-ethyl adjacent to an activating group) is 2. The largest absolute Gasteiger partial charge is 0.494 e. The summed E-state index contributed by atoms with van der Waals surface area (Å²) in [5.41, 5.74) is 2.56. The van der Waals surface area contributed by atoms with E-state index in [4.69, 9.17) is 10.1 Å². The zero-order valence-electron chi connectivity index (χ0n) is 21.3. The summed E-state index contributed by atoms with van der Waals surface area (Å²) < 4.78 is 5.66. The highest BCUT2D eigenvalue weighted by atomic mass is 16.5. The van der Waals surface area contributed by atoms with Crippen LogP contribution < -0.4 is 9.64 Å². The Balaban J connectivity index is 1.98. The number of ether oxygens (including phenoxy) is 1. The van der Waals surface area contributed by atoms with Crippen LogP contribution in [0.3, 0.4) is 0 Å². The molecule has 0 aliphatic rings. The van der Waals surface area contributed by atoms with Gasteiger partial charge in [0.2, 0.25) is 5.91 Å². The fourth-order valence-electron chi connectivity index (χ4n) is 3.40. The molecule has 2 aromatic rings. The van der Waals surface area contributed by atoms with E-state index in [1.54, 1.807) is 36.0 Å². The van der Waals surface area contributed by atoms with Crippen molar-refractivity contribution >= 4 is 23.2 Å². The predicted octanol–water partition coefficient (Wildman–Crippen LogP) is 4.31. The van der Waals surface area contributed by atoms with Crippen molar-refractivity contribution in [2.75, 3.05) is 46.2 Å². The molecule has 1 N–H and O–H groups in total. The van der Waals surface area contributed by atoms with E-state index in [2.05, 4.69) is 6.92 Å². The van der Waals surface area contributed by atoms with Crippen LogP contribution in [0.5, 0.6) is 5.75 Å². The van der Waals surface area contributed by atoms with E-state index >= 15 is 0 Å². The Morgan fingerprint density at radius 2 is 1.53 bits per heavy atom. The maximum Gasteiger partial charge on any atom is 0.258 e. The van der Waals surface area contributed by atoms with Gasteiger partial charge in [-0.05, 0) is 69.4 Å². The van der Waals surface area contributed by atoms with Gasteiger partial charge in [-0.1, -0.05) is 25.5 Å². The minimum Gasteiger partial charge on any atom is -0.494 e. The van der Waals surface area contributed by atoms with E-state index in [1.165, 1.54) is 0 Å². The highest BCUT2D eigenvalue weighted by Crippen LogP contribution is 2.20. The molecule has 2 amide bonds. The van der Waals surface area contributed by atoms with Crippen LogP contribution in [0.25, 0.3) is 0 Å². The lowest BCUT2D eigenvalue weighted by Gasteiger charge is -2.26. The third-order valence-corrected chi connectivity index (χ3v) is 5.78. The fraction of sp³-hybridized carbons (Fsp3) is 0.444. The first-order valence-corrected chi connectivity index (χ1v) is 11.7. The molecule has 0 aliphatic carbocycles. The Bertz CT molecular complexity index is 955. The van der Waals surface area contributed by atoms with Crippen LogP contribution in [0.2, 0.25) is 0 Å². The molecule has 184 valence electrons. The number of carbonyl (C=O) groups excluding carboxylic acids is 2. The lowest BCUT2D eigenvalue weighted by molar-refractivity contribution is -0.132. The summed E-state index contributed by atoms with van der Waals surface area (Å²) in [5, 5.41) is 8.47. The number of amides is 2. The van der Waals surface area contributed by atoms with Crippen molar-refractivity contribution in [3.63, 3.8) is 0 Å². The number of unbranched alkanes of at least 4 members (excludes halogenated alkanes) is 1. The van der Waals surface area contributed by atoms with Crippen molar-refractivity contribution in [1.82, 2.24) is 9.80 Å². The van der Waals surface area contributed by atoms with Crippen LogP contribution in [0.15, 0.2) is 48.5 Å². The summed E-state index contributed by atoms with van der Waals surface area (Å²) in [5.74, 6) is 0.678. The number of nitrogens with one attached hydrogen (secondary N) is 1. The molecule has 1 atom stereocenters. The Kier molecular flexibility index (Phi) is 10.3. The molecule has 0 fully saturated rings. The molecule has 0 aromatic heterocycles. The average Bonchev–Trinajstić information content (AvgIpc) is 2.82. The van der Waals surface area contributed by atoms with Crippen LogP contribution >= 0.6 is 0 Å². The van der Waals surface area contributed by atoms with Gasteiger partial charge in [0.25, 0.3) is 5.91 Å². The quantitative estimate of drug-likeness (QED) is 0.374. The van der Waals surface area contributed by atoms with Gasteiger partial charge in [0.15, 0.2) is 0 Å². The molecule has 0 bridgehead atoms. The Hall–Kier alpha value is -3.19. The summed E-state index contributed by atoms with van der Waals surface area (Å²) in [6.45, 7) is 5.08.